The maximum absolute atomic E-state index is 11.0. The highest BCUT2D eigenvalue weighted by molar-refractivity contribution is 5.87. The van der Waals surface area contributed by atoms with Crippen LogP contribution < -0.4 is 5.48 Å². The van der Waals surface area contributed by atoms with Crippen molar-refractivity contribution in [3.8, 4) is 0 Å². The molecule has 4 nitrogen and oxygen atoms in total. The second-order valence-corrected chi connectivity index (χ2v) is 2.82. The Labute approximate surface area is 87.5 Å². The van der Waals surface area contributed by atoms with Crippen molar-refractivity contribution < 1.29 is 14.4 Å². The number of carbonyl (C=O) groups excluding carboxylic acids is 2. The molecular weight excluding hydrogens is 194 g/mol. The first-order chi connectivity index (χ1) is 7.18. The fraction of sp³-hybridized carbons (Fsp3) is 0.0909. The molecule has 0 fully saturated rings. The molecule has 0 unspecified atom stereocenters. The van der Waals surface area contributed by atoms with Crippen LogP contribution in [0.1, 0.15) is 12.5 Å². The van der Waals surface area contributed by atoms with E-state index in [1.165, 1.54) is 13.0 Å². The highest BCUT2D eigenvalue weighted by Crippen LogP contribution is 2.00. The molecule has 0 spiro atoms. The summed E-state index contributed by atoms with van der Waals surface area (Å²) >= 11 is 0. The SMILES string of the molecule is CC(=O)NOC(=O)C=Cc1ccccc1. The van der Waals surface area contributed by atoms with Crippen LogP contribution in [0.5, 0.6) is 0 Å². The van der Waals surface area contributed by atoms with Crippen LogP contribution >= 0.6 is 0 Å². The van der Waals surface area contributed by atoms with Crippen LogP contribution in [0.2, 0.25) is 0 Å². The topological polar surface area (TPSA) is 55.4 Å². The van der Waals surface area contributed by atoms with E-state index in [1.54, 1.807) is 6.08 Å². The normalized spacial score (nSPS) is 9.93. The van der Waals surface area contributed by atoms with E-state index in [1.807, 2.05) is 35.8 Å². The lowest BCUT2D eigenvalue weighted by Gasteiger charge is -1.98. The van der Waals surface area contributed by atoms with Crippen molar-refractivity contribution in [2.75, 3.05) is 0 Å². The molecule has 0 saturated heterocycles. The third-order valence-corrected chi connectivity index (χ3v) is 1.51. The van der Waals surface area contributed by atoms with Crippen LogP contribution in [-0.4, -0.2) is 11.9 Å². The van der Waals surface area contributed by atoms with Gasteiger partial charge in [0.15, 0.2) is 0 Å². The molecule has 4 heteroatoms. The van der Waals surface area contributed by atoms with Crippen molar-refractivity contribution in [1.29, 1.82) is 0 Å². The van der Waals surface area contributed by atoms with Crippen LogP contribution in [0.4, 0.5) is 0 Å². The molecule has 0 aromatic heterocycles. The van der Waals surface area contributed by atoms with E-state index in [2.05, 4.69) is 4.84 Å². The molecule has 0 aliphatic heterocycles. The van der Waals surface area contributed by atoms with Crippen LogP contribution in [0.25, 0.3) is 6.08 Å². The molecule has 1 rings (SSSR count). The molecule has 1 aromatic rings. The third kappa shape index (κ3) is 4.61. The number of hydroxylamine groups is 1. The quantitative estimate of drug-likeness (QED) is 0.584. The molecule has 0 heterocycles. The molecule has 0 aliphatic carbocycles. The average Bonchev–Trinajstić information content (AvgIpc) is 2.25. The summed E-state index contributed by atoms with van der Waals surface area (Å²) in [5.41, 5.74) is 2.83. The molecule has 0 bridgehead atoms. The Morgan fingerprint density at radius 2 is 1.93 bits per heavy atom. The first-order valence-corrected chi connectivity index (χ1v) is 4.39. The second kappa shape index (κ2) is 5.59. The van der Waals surface area contributed by atoms with Crippen molar-refractivity contribution >= 4 is 18.0 Å². The lowest BCUT2D eigenvalue weighted by atomic mass is 10.2. The molecular formula is C11H11NO3. The van der Waals surface area contributed by atoms with E-state index >= 15 is 0 Å². The Bertz CT molecular complexity index is 371. The number of nitrogens with one attached hydrogen (secondary N) is 1. The summed E-state index contributed by atoms with van der Waals surface area (Å²) in [6, 6.07) is 9.30. The number of hydrogen-bond acceptors (Lipinski definition) is 3. The van der Waals surface area contributed by atoms with Gasteiger partial charge in [0.2, 0.25) is 5.91 Å². The van der Waals surface area contributed by atoms with Crippen molar-refractivity contribution in [1.82, 2.24) is 5.48 Å². The van der Waals surface area contributed by atoms with Crippen molar-refractivity contribution in [2.24, 2.45) is 0 Å². The molecule has 1 N–H and O–H groups in total. The van der Waals surface area contributed by atoms with E-state index in [4.69, 9.17) is 0 Å². The van der Waals surface area contributed by atoms with E-state index in [0.717, 1.165) is 5.56 Å². The monoisotopic (exact) mass is 205 g/mol. The number of amides is 1. The van der Waals surface area contributed by atoms with Crippen molar-refractivity contribution in [3.63, 3.8) is 0 Å². The maximum atomic E-state index is 11.0. The fourth-order valence-corrected chi connectivity index (χ4v) is 0.885. The van der Waals surface area contributed by atoms with Gasteiger partial charge in [0, 0.05) is 13.0 Å². The third-order valence-electron chi connectivity index (χ3n) is 1.51. The van der Waals surface area contributed by atoms with Gasteiger partial charge in [-0.05, 0) is 11.6 Å². The Morgan fingerprint density at radius 3 is 2.53 bits per heavy atom. The summed E-state index contributed by atoms with van der Waals surface area (Å²) in [6.07, 6.45) is 2.84. The van der Waals surface area contributed by atoms with Gasteiger partial charge in [-0.3, -0.25) is 4.79 Å². The molecule has 1 amide bonds. The zero-order valence-electron chi connectivity index (χ0n) is 8.27. The Hall–Kier alpha value is -2.10. The Balaban J connectivity index is 2.44. The first-order valence-electron chi connectivity index (χ1n) is 4.39. The van der Waals surface area contributed by atoms with Gasteiger partial charge in [-0.15, -0.1) is 0 Å². The van der Waals surface area contributed by atoms with E-state index in [9.17, 15) is 9.59 Å². The number of rotatable bonds is 2. The van der Waals surface area contributed by atoms with E-state index in [-0.39, 0.29) is 0 Å². The lowest BCUT2D eigenvalue weighted by Crippen LogP contribution is -2.23. The standard InChI is InChI=1S/C11H11NO3/c1-9(13)12-15-11(14)8-7-10-5-3-2-4-6-10/h2-8H,1H3,(H,12,13). The zero-order chi connectivity index (χ0) is 11.1. The average molecular weight is 205 g/mol. The molecule has 0 radical (unpaired) electrons. The highest BCUT2D eigenvalue weighted by Gasteiger charge is 1.97. The summed E-state index contributed by atoms with van der Waals surface area (Å²) in [6.45, 7) is 1.26. The van der Waals surface area contributed by atoms with E-state index < -0.39 is 11.9 Å². The number of carbonyl (C=O) groups is 2. The van der Waals surface area contributed by atoms with Gasteiger partial charge in [0.1, 0.15) is 0 Å². The predicted octanol–water partition coefficient (Wildman–Crippen LogP) is 1.29. The fourth-order valence-electron chi connectivity index (χ4n) is 0.885. The van der Waals surface area contributed by atoms with Crippen LogP contribution in [0.15, 0.2) is 36.4 Å². The highest BCUT2D eigenvalue weighted by atomic mass is 16.7. The van der Waals surface area contributed by atoms with Gasteiger partial charge in [0.25, 0.3) is 0 Å². The molecule has 1 aromatic carbocycles. The van der Waals surface area contributed by atoms with Crippen molar-refractivity contribution in [3.05, 3.63) is 42.0 Å². The smallest absolute Gasteiger partial charge is 0.336 e. The Morgan fingerprint density at radius 1 is 1.27 bits per heavy atom. The maximum Gasteiger partial charge on any atom is 0.355 e. The zero-order valence-corrected chi connectivity index (χ0v) is 8.27. The molecule has 78 valence electrons. The molecule has 0 atom stereocenters. The van der Waals surface area contributed by atoms with E-state index in [0.29, 0.717) is 0 Å². The van der Waals surface area contributed by atoms with Crippen molar-refractivity contribution in [2.45, 2.75) is 6.92 Å². The van der Waals surface area contributed by atoms with Gasteiger partial charge in [-0.2, -0.15) is 5.48 Å². The summed E-state index contributed by atoms with van der Waals surface area (Å²) in [5.74, 6) is -1.04. The summed E-state index contributed by atoms with van der Waals surface area (Å²) < 4.78 is 0. The summed E-state index contributed by atoms with van der Waals surface area (Å²) in [7, 11) is 0. The van der Waals surface area contributed by atoms with Gasteiger partial charge in [0.05, 0.1) is 0 Å². The van der Waals surface area contributed by atoms with Gasteiger partial charge < -0.3 is 4.84 Å². The summed E-state index contributed by atoms with van der Waals surface area (Å²) in [5, 5.41) is 0. The first kappa shape index (κ1) is 11.0. The Kier molecular flexibility index (Phi) is 4.09. The van der Waals surface area contributed by atoms with Gasteiger partial charge >= 0.3 is 5.97 Å². The minimum absolute atomic E-state index is 0.420. The molecule has 0 aliphatic rings. The summed E-state index contributed by atoms with van der Waals surface area (Å²) in [4.78, 5) is 25.8. The second-order valence-electron chi connectivity index (χ2n) is 2.82. The molecule has 15 heavy (non-hydrogen) atoms. The minimum atomic E-state index is -0.617. The van der Waals surface area contributed by atoms with Crippen LogP contribution in [0.3, 0.4) is 0 Å². The lowest BCUT2D eigenvalue weighted by molar-refractivity contribution is -0.152. The number of benzene rings is 1. The van der Waals surface area contributed by atoms with Crippen LogP contribution in [-0.2, 0) is 14.4 Å². The largest absolute Gasteiger partial charge is 0.355 e. The van der Waals surface area contributed by atoms with Gasteiger partial charge in [-0.25, -0.2) is 4.79 Å². The molecule has 0 saturated carbocycles. The van der Waals surface area contributed by atoms with Crippen LogP contribution in [0, 0.1) is 0 Å². The van der Waals surface area contributed by atoms with Gasteiger partial charge in [-0.1, -0.05) is 30.3 Å². The number of hydrogen-bond donors (Lipinski definition) is 1. The predicted molar refractivity (Wildman–Crippen MR) is 55.4 cm³/mol. The minimum Gasteiger partial charge on any atom is -0.336 e.